The number of hydrogen-bond acceptors (Lipinski definition) is 0. The standard InChI is InChI=1S/C8H5.3C6H5.Sn/c1-2-8-6-4-3-5-7-8;3*1-2-4-6-5-3-1;/h3-7H;3*1-5H;. The molecule has 0 radical (unpaired) electrons. The van der Waals surface area contributed by atoms with Crippen LogP contribution in [0, 0.1) is 9.86 Å². The quantitative estimate of drug-likeness (QED) is 0.329. The molecule has 0 N–H and O–H groups in total. The molecule has 0 saturated heterocycles. The molecule has 0 aliphatic heterocycles. The van der Waals surface area contributed by atoms with Crippen molar-refractivity contribution in [2.24, 2.45) is 0 Å². The Balaban J connectivity index is 2.03. The third-order valence-corrected chi connectivity index (χ3v) is 16.5. The van der Waals surface area contributed by atoms with Gasteiger partial charge in [-0.2, -0.15) is 0 Å². The van der Waals surface area contributed by atoms with Crippen LogP contribution in [0.4, 0.5) is 0 Å². The van der Waals surface area contributed by atoms with E-state index < -0.39 is 18.4 Å². The summed E-state index contributed by atoms with van der Waals surface area (Å²) in [6.07, 6.45) is 0. The Morgan fingerprint density at radius 1 is 0.407 bits per heavy atom. The first-order valence-corrected chi connectivity index (χ1v) is 14.9. The van der Waals surface area contributed by atoms with Crippen molar-refractivity contribution in [3.63, 3.8) is 0 Å². The maximum atomic E-state index is 3.86. The molecule has 0 heterocycles. The molecule has 0 saturated carbocycles. The Hall–Kier alpha value is -2.76. The van der Waals surface area contributed by atoms with Gasteiger partial charge in [-0.1, -0.05) is 0 Å². The van der Waals surface area contributed by atoms with Crippen molar-refractivity contribution >= 4 is 29.1 Å². The number of rotatable bonds is 3. The molecule has 27 heavy (non-hydrogen) atoms. The summed E-state index contributed by atoms with van der Waals surface area (Å²) in [5, 5.41) is 0. The van der Waals surface area contributed by atoms with Crippen LogP contribution in [0.1, 0.15) is 5.56 Å². The number of benzene rings is 4. The first kappa shape index (κ1) is 17.6. The van der Waals surface area contributed by atoms with E-state index in [1.807, 2.05) is 6.07 Å². The third kappa shape index (κ3) is 3.70. The van der Waals surface area contributed by atoms with Crippen LogP contribution in [-0.4, -0.2) is 18.4 Å². The van der Waals surface area contributed by atoms with Gasteiger partial charge in [-0.25, -0.2) is 0 Å². The van der Waals surface area contributed by atoms with Crippen LogP contribution in [-0.2, 0) is 0 Å². The monoisotopic (exact) mass is 452 g/mol. The molecule has 0 fully saturated rings. The fraction of sp³-hybridized carbons (Fsp3) is 0. The van der Waals surface area contributed by atoms with E-state index in [4.69, 9.17) is 0 Å². The van der Waals surface area contributed by atoms with E-state index in [0.29, 0.717) is 0 Å². The number of hydrogen-bond donors (Lipinski definition) is 0. The van der Waals surface area contributed by atoms with Gasteiger partial charge in [0.2, 0.25) is 0 Å². The zero-order valence-corrected chi connectivity index (χ0v) is 17.9. The van der Waals surface area contributed by atoms with Crippen LogP contribution in [0.25, 0.3) is 0 Å². The second-order valence-corrected chi connectivity index (χ2v) is 16.4. The van der Waals surface area contributed by atoms with Gasteiger partial charge in [0.15, 0.2) is 0 Å². The van der Waals surface area contributed by atoms with E-state index in [0.717, 1.165) is 5.56 Å². The van der Waals surface area contributed by atoms with Gasteiger partial charge in [0, 0.05) is 0 Å². The van der Waals surface area contributed by atoms with Gasteiger partial charge < -0.3 is 0 Å². The molecule has 0 spiro atoms. The summed E-state index contributed by atoms with van der Waals surface area (Å²) in [5.41, 5.74) is 1.07. The van der Waals surface area contributed by atoms with Crippen molar-refractivity contribution in [2.45, 2.75) is 0 Å². The van der Waals surface area contributed by atoms with Crippen LogP contribution in [0.15, 0.2) is 121 Å². The van der Waals surface area contributed by atoms with Gasteiger partial charge in [-0.15, -0.1) is 0 Å². The molecule has 128 valence electrons. The van der Waals surface area contributed by atoms with Crippen molar-refractivity contribution in [3.05, 3.63) is 127 Å². The van der Waals surface area contributed by atoms with Crippen LogP contribution in [0.2, 0.25) is 0 Å². The molecule has 0 unspecified atom stereocenters. The van der Waals surface area contributed by atoms with E-state index >= 15 is 0 Å². The average Bonchev–Trinajstić information content (AvgIpc) is 2.77. The molecule has 0 bridgehead atoms. The minimum atomic E-state index is -3.46. The van der Waals surface area contributed by atoms with E-state index in [1.165, 1.54) is 10.7 Å². The molecular weight excluding hydrogens is 431 g/mol. The molecule has 0 aromatic heterocycles. The molecule has 0 amide bonds. The summed E-state index contributed by atoms with van der Waals surface area (Å²) in [5.74, 6) is 3.52. The van der Waals surface area contributed by atoms with Gasteiger partial charge in [0.1, 0.15) is 0 Å². The molecule has 1 heteroatoms. The van der Waals surface area contributed by atoms with Crippen molar-refractivity contribution in [2.75, 3.05) is 0 Å². The predicted molar refractivity (Wildman–Crippen MR) is 117 cm³/mol. The normalized spacial score (nSPS) is 10.7. The van der Waals surface area contributed by atoms with Crippen molar-refractivity contribution in [3.8, 4) is 9.86 Å². The zero-order chi connectivity index (χ0) is 18.4. The Morgan fingerprint density at radius 3 is 1.11 bits per heavy atom. The van der Waals surface area contributed by atoms with E-state index in [-0.39, 0.29) is 0 Å². The maximum absolute atomic E-state index is 3.86. The van der Waals surface area contributed by atoms with Crippen LogP contribution in [0.5, 0.6) is 0 Å². The summed E-state index contributed by atoms with van der Waals surface area (Å²) in [6.45, 7) is 0. The molecule has 0 atom stereocenters. The van der Waals surface area contributed by atoms with Crippen LogP contribution in [0.3, 0.4) is 0 Å². The molecule has 0 aliphatic rings. The van der Waals surface area contributed by atoms with E-state index in [1.54, 1.807) is 0 Å². The first-order chi connectivity index (χ1) is 13.4. The summed E-state index contributed by atoms with van der Waals surface area (Å²) in [4.78, 5) is 0. The topological polar surface area (TPSA) is 0 Å². The second-order valence-electron chi connectivity index (χ2n) is 6.46. The van der Waals surface area contributed by atoms with Gasteiger partial charge in [0.05, 0.1) is 0 Å². The molecule has 0 aliphatic carbocycles. The minimum absolute atomic E-state index is 1.07. The third-order valence-electron chi connectivity index (χ3n) is 4.79. The molecule has 0 nitrogen and oxygen atoms in total. The average molecular weight is 451 g/mol. The zero-order valence-electron chi connectivity index (χ0n) is 15.0. The summed E-state index contributed by atoms with van der Waals surface area (Å²) in [7, 11) is 0. The van der Waals surface area contributed by atoms with Gasteiger partial charge >= 0.3 is 166 Å². The van der Waals surface area contributed by atoms with Crippen molar-refractivity contribution in [1.82, 2.24) is 0 Å². The molecule has 4 aromatic rings. The fourth-order valence-corrected chi connectivity index (χ4v) is 14.4. The Kier molecular flexibility index (Phi) is 5.42. The summed E-state index contributed by atoms with van der Waals surface area (Å²) in [6, 6.07) is 42.9. The van der Waals surface area contributed by atoms with E-state index in [9.17, 15) is 0 Å². The molecule has 4 rings (SSSR count). The summed E-state index contributed by atoms with van der Waals surface area (Å²) < 4.78 is 8.00. The predicted octanol–water partition coefficient (Wildman–Crippen LogP) is 3.75. The summed E-state index contributed by atoms with van der Waals surface area (Å²) >= 11 is -3.46. The molecular formula is C26H20Sn. The Bertz CT molecular complexity index is 947. The van der Waals surface area contributed by atoms with Crippen molar-refractivity contribution < 1.29 is 0 Å². The second kappa shape index (κ2) is 8.29. The first-order valence-electron chi connectivity index (χ1n) is 9.14. The fourth-order valence-electron chi connectivity index (χ4n) is 3.47. The van der Waals surface area contributed by atoms with Gasteiger partial charge in [0.25, 0.3) is 0 Å². The Morgan fingerprint density at radius 2 is 0.741 bits per heavy atom. The van der Waals surface area contributed by atoms with Gasteiger partial charge in [-0.3, -0.25) is 0 Å². The SMILES string of the molecule is C(#[C][Sn]([c]1ccccc1)([c]1ccccc1)[c]1ccccc1)c1ccccc1. The van der Waals surface area contributed by atoms with E-state index in [2.05, 4.69) is 125 Å². The van der Waals surface area contributed by atoms with Gasteiger partial charge in [-0.05, 0) is 0 Å². The van der Waals surface area contributed by atoms with Crippen molar-refractivity contribution in [1.29, 1.82) is 0 Å². The Labute approximate surface area is 165 Å². The molecule has 4 aromatic carbocycles. The van der Waals surface area contributed by atoms with Crippen LogP contribution < -0.4 is 10.7 Å². The van der Waals surface area contributed by atoms with Crippen LogP contribution >= 0.6 is 0 Å².